The van der Waals surface area contributed by atoms with Crippen molar-refractivity contribution in [2.45, 2.75) is 52.6 Å². The van der Waals surface area contributed by atoms with Crippen LogP contribution in [0.5, 0.6) is 0 Å². The molecule has 27 heavy (non-hydrogen) atoms. The first kappa shape index (κ1) is 21.1. The largest absolute Gasteiger partial charge is 0.395 e. The number of carbonyl (C=O) groups excluding carboxylic acids is 2. The summed E-state index contributed by atoms with van der Waals surface area (Å²) in [6.45, 7) is 7.64. The molecular weight excluding hydrogens is 342 g/mol. The predicted molar refractivity (Wildman–Crippen MR) is 105 cm³/mol. The Kier molecular flexibility index (Phi) is 7.17. The first-order chi connectivity index (χ1) is 12.8. The lowest BCUT2D eigenvalue weighted by molar-refractivity contribution is 0.0825. The highest BCUT2D eigenvalue weighted by Gasteiger charge is 2.41. The number of nitrogens with one attached hydrogen (secondary N) is 1. The molecule has 0 aromatic heterocycles. The minimum atomic E-state index is -0.187. The maximum atomic E-state index is 12.7. The van der Waals surface area contributed by atoms with Gasteiger partial charge >= 0.3 is 6.03 Å². The fourth-order valence-electron chi connectivity index (χ4n) is 4.46. The molecule has 148 valence electrons. The van der Waals surface area contributed by atoms with E-state index in [0.29, 0.717) is 13.1 Å². The second-order valence-electron chi connectivity index (χ2n) is 8.72. The number of hydrogen-bond acceptors (Lipinski definition) is 4. The number of amides is 2. The summed E-state index contributed by atoms with van der Waals surface area (Å²) in [5.74, 6) is 0. The molecule has 1 aliphatic carbocycles. The quantitative estimate of drug-likeness (QED) is 0.569. The number of urea groups is 1. The molecule has 1 saturated carbocycles. The summed E-state index contributed by atoms with van der Waals surface area (Å²) in [6, 6.07) is 9.49. The molecule has 1 aromatic carbocycles. The van der Waals surface area contributed by atoms with Gasteiger partial charge in [-0.25, -0.2) is 14.6 Å². The number of rotatable bonds is 7. The van der Waals surface area contributed by atoms with E-state index in [2.05, 4.69) is 31.1 Å². The van der Waals surface area contributed by atoms with Crippen LogP contribution in [0.25, 0.3) is 0 Å². The molecule has 1 aromatic rings. The number of nitrogens with zero attached hydrogens (tertiary/aromatic N) is 2. The first-order valence-electron chi connectivity index (χ1n) is 9.51. The maximum Gasteiger partial charge on any atom is 0.317 e. The number of aliphatic hydroxyl groups excluding tert-OH is 1. The number of benzene rings is 1. The van der Waals surface area contributed by atoms with Crippen molar-refractivity contribution in [3.8, 4) is 0 Å². The summed E-state index contributed by atoms with van der Waals surface area (Å²) in [4.78, 5) is 29.0. The lowest BCUT2D eigenvalue weighted by atomic mass is 9.63. The van der Waals surface area contributed by atoms with Crippen molar-refractivity contribution in [2.24, 2.45) is 15.8 Å². The van der Waals surface area contributed by atoms with E-state index in [0.717, 1.165) is 24.8 Å². The zero-order valence-corrected chi connectivity index (χ0v) is 16.6. The molecule has 6 heteroatoms. The van der Waals surface area contributed by atoms with E-state index < -0.39 is 0 Å². The molecule has 2 rings (SSSR count). The van der Waals surface area contributed by atoms with Gasteiger partial charge in [0.05, 0.1) is 12.6 Å². The Morgan fingerprint density at radius 1 is 1.30 bits per heavy atom. The highest BCUT2D eigenvalue weighted by Crippen LogP contribution is 2.46. The van der Waals surface area contributed by atoms with Crippen molar-refractivity contribution in [3.63, 3.8) is 0 Å². The van der Waals surface area contributed by atoms with Gasteiger partial charge in [0.2, 0.25) is 6.08 Å². The molecule has 2 atom stereocenters. The number of aliphatic imine (C=N–C) groups is 1. The zero-order valence-electron chi connectivity index (χ0n) is 16.6. The summed E-state index contributed by atoms with van der Waals surface area (Å²) >= 11 is 0. The third-order valence-electron chi connectivity index (χ3n) is 5.20. The van der Waals surface area contributed by atoms with Gasteiger partial charge < -0.3 is 15.3 Å². The van der Waals surface area contributed by atoms with Gasteiger partial charge in [-0.3, -0.25) is 0 Å². The maximum absolute atomic E-state index is 12.7. The molecule has 0 spiro atoms. The first-order valence-corrected chi connectivity index (χ1v) is 9.51. The van der Waals surface area contributed by atoms with Gasteiger partial charge in [0, 0.05) is 19.6 Å². The van der Waals surface area contributed by atoms with Crippen molar-refractivity contribution < 1.29 is 14.7 Å². The van der Waals surface area contributed by atoms with Crippen LogP contribution in [0.2, 0.25) is 0 Å². The smallest absolute Gasteiger partial charge is 0.317 e. The predicted octanol–water partition coefficient (Wildman–Crippen LogP) is 3.11. The Labute approximate surface area is 161 Å². The van der Waals surface area contributed by atoms with E-state index in [4.69, 9.17) is 0 Å². The van der Waals surface area contributed by atoms with Crippen LogP contribution >= 0.6 is 0 Å². The van der Waals surface area contributed by atoms with E-state index in [9.17, 15) is 14.7 Å². The average Bonchev–Trinajstić information content (AvgIpc) is 2.59. The van der Waals surface area contributed by atoms with Crippen LogP contribution in [0, 0.1) is 10.8 Å². The Bertz CT molecular complexity index is 671. The lowest BCUT2D eigenvalue weighted by Crippen LogP contribution is -2.48. The monoisotopic (exact) mass is 373 g/mol. The fraction of sp³-hybridized carbons (Fsp3) is 0.619. The van der Waals surface area contributed by atoms with Crippen LogP contribution in [0.4, 0.5) is 4.79 Å². The van der Waals surface area contributed by atoms with Crippen LogP contribution in [-0.4, -0.2) is 47.9 Å². The Morgan fingerprint density at radius 2 is 2.00 bits per heavy atom. The molecule has 0 radical (unpaired) electrons. The summed E-state index contributed by atoms with van der Waals surface area (Å²) in [6.07, 6.45) is 4.25. The van der Waals surface area contributed by atoms with Gasteiger partial charge in [0.25, 0.3) is 0 Å². The van der Waals surface area contributed by atoms with Crippen molar-refractivity contribution in [1.82, 2.24) is 10.2 Å². The highest BCUT2D eigenvalue weighted by atomic mass is 16.3. The minimum Gasteiger partial charge on any atom is -0.395 e. The van der Waals surface area contributed by atoms with E-state index >= 15 is 0 Å². The lowest BCUT2D eigenvalue weighted by Gasteiger charge is -2.45. The molecule has 2 unspecified atom stereocenters. The molecule has 1 fully saturated rings. The molecule has 0 heterocycles. The van der Waals surface area contributed by atoms with Crippen molar-refractivity contribution >= 4 is 12.1 Å². The molecule has 6 nitrogen and oxygen atoms in total. The van der Waals surface area contributed by atoms with Crippen LogP contribution in [0.3, 0.4) is 0 Å². The van der Waals surface area contributed by atoms with Gasteiger partial charge in [0.15, 0.2) is 0 Å². The number of aliphatic hydroxyl groups is 1. The molecule has 0 aliphatic heterocycles. The standard InChI is InChI=1S/C21H31N3O3/c1-20(2)11-18(23-16-26)12-21(3,14-20)15-22-19(27)24(9-10-25)13-17-7-5-4-6-8-17/h4-8,18,25H,9-15H2,1-3H3,(H,22,27). The van der Waals surface area contributed by atoms with Crippen LogP contribution in [0.1, 0.15) is 45.6 Å². The third kappa shape index (κ3) is 6.49. The van der Waals surface area contributed by atoms with E-state index in [1.807, 2.05) is 30.3 Å². The number of carbonyl (C=O) groups is 1. The fourth-order valence-corrected chi connectivity index (χ4v) is 4.46. The molecule has 0 saturated heterocycles. The molecular formula is C21H31N3O3. The van der Waals surface area contributed by atoms with E-state index in [1.165, 1.54) is 0 Å². The van der Waals surface area contributed by atoms with Crippen LogP contribution in [-0.2, 0) is 11.3 Å². The SMILES string of the molecule is CC1(C)CC(N=C=O)CC(C)(CNC(=O)N(CCO)Cc2ccccc2)C1. The van der Waals surface area contributed by atoms with Crippen LogP contribution < -0.4 is 5.32 Å². The van der Waals surface area contributed by atoms with Crippen molar-refractivity contribution in [2.75, 3.05) is 19.7 Å². The number of isocyanates is 1. The molecule has 1 aliphatic rings. The van der Waals surface area contributed by atoms with Crippen molar-refractivity contribution in [1.29, 1.82) is 0 Å². The van der Waals surface area contributed by atoms with Gasteiger partial charge in [0.1, 0.15) is 0 Å². The van der Waals surface area contributed by atoms with Gasteiger partial charge in [-0.1, -0.05) is 51.1 Å². The minimum absolute atomic E-state index is 0.0500. The Hall–Kier alpha value is -2.17. The zero-order chi connectivity index (χ0) is 19.9. The molecule has 2 N–H and O–H groups in total. The Morgan fingerprint density at radius 3 is 2.63 bits per heavy atom. The van der Waals surface area contributed by atoms with Gasteiger partial charge in [-0.05, 0) is 35.7 Å². The van der Waals surface area contributed by atoms with E-state index in [1.54, 1.807) is 11.0 Å². The van der Waals surface area contributed by atoms with Gasteiger partial charge in [-0.15, -0.1) is 0 Å². The average molecular weight is 373 g/mol. The third-order valence-corrected chi connectivity index (χ3v) is 5.20. The second-order valence-corrected chi connectivity index (χ2v) is 8.72. The summed E-state index contributed by atoms with van der Waals surface area (Å²) in [5.41, 5.74) is 0.934. The molecule has 2 amide bonds. The summed E-state index contributed by atoms with van der Waals surface area (Å²) in [5, 5.41) is 12.4. The normalized spacial score (nSPS) is 23.9. The topological polar surface area (TPSA) is 82.0 Å². The molecule has 0 bridgehead atoms. The van der Waals surface area contributed by atoms with Crippen molar-refractivity contribution in [3.05, 3.63) is 35.9 Å². The van der Waals surface area contributed by atoms with E-state index in [-0.39, 0.29) is 36.1 Å². The second kappa shape index (κ2) is 9.16. The Balaban J connectivity index is 2.01. The summed E-state index contributed by atoms with van der Waals surface area (Å²) < 4.78 is 0. The highest BCUT2D eigenvalue weighted by molar-refractivity contribution is 5.74. The summed E-state index contributed by atoms with van der Waals surface area (Å²) in [7, 11) is 0. The van der Waals surface area contributed by atoms with Crippen LogP contribution in [0.15, 0.2) is 35.3 Å². The van der Waals surface area contributed by atoms with Gasteiger partial charge in [-0.2, -0.15) is 0 Å². The number of hydrogen-bond donors (Lipinski definition) is 2.